The average molecular weight is 232 g/mol. The van der Waals surface area contributed by atoms with Crippen LogP contribution in [0.1, 0.15) is 34.1 Å². The fraction of sp³-hybridized carbons (Fsp3) is 0.909. The van der Waals surface area contributed by atoms with Crippen LogP contribution in [0, 0.1) is 0 Å². The Morgan fingerprint density at radius 2 is 2.00 bits per heavy atom. The van der Waals surface area contributed by atoms with Crippen molar-refractivity contribution in [2.45, 2.75) is 45.7 Å². The molecule has 2 N–H and O–H groups in total. The summed E-state index contributed by atoms with van der Waals surface area (Å²) in [6.45, 7) is 8.49. The summed E-state index contributed by atoms with van der Waals surface area (Å²) < 4.78 is 0. The molecule has 0 aromatic carbocycles. The van der Waals surface area contributed by atoms with Crippen LogP contribution in [0.4, 0.5) is 0 Å². The van der Waals surface area contributed by atoms with Crippen molar-refractivity contribution in [1.82, 2.24) is 10.6 Å². The van der Waals surface area contributed by atoms with Gasteiger partial charge in [-0.25, -0.2) is 0 Å². The molecule has 0 heterocycles. The molecule has 15 heavy (non-hydrogen) atoms. The Bertz CT molecular complexity index is 190. The molecular weight excluding hydrogens is 208 g/mol. The van der Waals surface area contributed by atoms with Gasteiger partial charge in [-0.2, -0.15) is 11.8 Å². The normalized spacial score (nSPS) is 13.7. The Balaban J connectivity index is 3.62. The molecule has 0 radical (unpaired) electrons. The van der Waals surface area contributed by atoms with Gasteiger partial charge >= 0.3 is 0 Å². The van der Waals surface area contributed by atoms with Gasteiger partial charge in [0.05, 0.1) is 6.54 Å². The molecule has 1 amide bonds. The first-order valence-electron chi connectivity index (χ1n) is 5.38. The summed E-state index contributed by atoms with van der Waals surface area (Å²) in [5.74, 6) is 1.20. The van der Waals surface area contributed by atoms with Crippen molar-refractivity contribution in [1.29, 1.82) is 0 Å². The summed E-state index contributed by atoms with van der Waals surface area (Å²) in [5, 5.41) is 6.14. The third-order valence-corrected chi connectivity index (χ3v) is 2.52. The van der Waals surface area contributed by atoms with Gasteiger partial charge in [0.25, 0.3) is 0 Å². The molecule has 0 aromatic heterocycles. The SMILES string of the molecule is CSCCC(C)NCC(=O)NC(C)(C)C. The Morgan fingerprint density at radius 1 is 1.40 bits per heavy atom. The fourth-order valence-electron chi connectivity index (χ4n) is 1.13. The zero-order valence-electron chi connectivity index (χ0n) is 10.5. The highest BCUT2D eigenvalue weighted by atomic mass is 32.2. The van der Waals surface area contributed by atoms with Crippen molar-refractivity contribution in [3.05, 3.63) is 0 Å². The molecule has 0 aliphatic carbocycles. The van der Waals surface area contributed by atoms with Crippen molar-refractivity contribution in [3.63, 3.8) is 0 Å². The van der Waals surface area contributed by atoms with E-state index in [9.17, 15) is 4.79 Å². The lowest BCUT2D eigenvalue weighted by Crippen LogP contribution is -2.46. The summed E-state index contributed by atoms with van der Waals surface area (Å²) in [4.78, 5) is 11.5. The predicted molar refractivity (Wildman–Crippen MR) is 68.4 cm³/mol. The molecule has 0 aliphatic heterocycles. The molecule has 3 nitrogen and oxygen atoms in total. The van der Waals surface area contributed by atoms with E-state index in [-0.39, 0.29) is 11.4 Å². The minimum Gasteiger partial charge on any atom is -0.350 e. The van der Waals surface area contributed by atoms with Crippen LogP contribution in [-0.2, 0) is 4.79 Å². The van der Waals surface area contributed by atoms with Crippen LogP contribution in [0.2, 0.25) is 0 Å². The highest BCUT2D eigenvalue weighted by Gasteiger charge is 2.13. The summed E-state index contributed by atoms with van der Waals surface area (Å²) in [6, 6.07) is 0.406. The lowest BCUT2D eigenvalue weighted by molar-refractivity contribution is -0.121. The molecule has 90 valence electrons. The number of amides is 1. The van der Waals surface area contributed by atoms with Gasteiger partial charge in [0.1, 0.15) is 0 Å². The number of hydrogen-bond donors (Lipinski definition) is 2. The summed E-state index contributed by atoms with van der Waals surface area (Å²) in [5.41, 5.74) is -0.138. The van der Waals surface area contributed by atoms with Crippen molar-refractivity contribution in [2.24, 2.45) is 0 Å². The van der Waals surface area contributed by atoms with Crippen LogP contribution >= 0.6 is 11.8 Å². The second-order valence-electron chi connectivity index (χ2n) is 4.86. The van der Waals surface area contributed by atoms with Crippen molar-refractivity contribution >= 4 is 17.7 Å². The number of carbonyl (C=O) groups excluding carboxylic acids is 1. The smallest absolute Gasteiger partial charge is 0.234 e. The van der Waals surface area contributed by atoms with E-state index in [0.29, 0.717) is 12.6 Å². The summed E-state index contributed by atoms with van der Waals surface area (Å²) in [7, 11) is 0. The third-order valence-electron chi connectivity index (χ3n) is 1.88. The Kier molecular flexibility index (Phi) is 7.02. The van der Waals surface area contributed by atoms with E-state index in [0.717, 1.165) is 12.2 Å². The van der Waals surface area contributed by atoms with Crippen molar-refractivity contribution in [2.75, 3.05) is 18.6 Å². The highest BCUT2D eigenvalue weighted by molar-refractivity contribution is 7.98. The van der Waals surface area contributed by atoms with Crippen molar-refractivity contribution in [3.8, 4) is 0 Å². The highest BCUT2D eigenvalue weighted by Crippen LogP contribution is 2.00. The molecule has 0 saturated heterocycles. The molecule has 0 rings (SSSR count). The second kappa shape index (κ2) is 7.12. The minimum absolute atomic E-state index is 0.0681. The van der Waals surface area contributed by atoms with Crippen LogP contribution in [0.5, 0.6) is 0 Å². The van der Waals surface area contributed by atoms with Crippen LogP contribution in [0.3, 0.4) is 0 Å². The average Bonchev–Trinajstić information content (AvgIpc) is 2.08. The van der Waals surface area contributed by atoms with Crippen LogP contribution < -0.4 is 10.6 Å². The molecular formula is C11H24N2OS. The van der Waals surface area contributed by atoms with E-state index >= 15 is 0 Å². The Hall–Kier alpha value is -0.220. The second-order valence-corrected chi connectivity index (χ2v) is 5.85. The fourth-order valence-corrected chi connectivity index (χ4v) is 1.72. The Labute approximate surface area is 97.8 Å². The van der Waals surface area contributed by atoms with E-state index in [1.54, 1.807) is 0 Å². The maximum absolute atomic E-state index is 11.5. The maximum Gasteiger partial charge on any atom is 0.234 e. The number of hydrogen-bond acceptors (Lipinski definition) is 3. The first-order chi connectivity index (χ1) is 6.85. The van der Waals surface area contributed by atoms with Gasteiger partial charge in [0.15, 0.2) is 0 Å². The summed E-state index contributed by atoms with van der Waals surface area (Å²) >= 11 is 1.83. The van der Waals surface area contributed by atoms with E-state index in [2.05, 4.69) is 23.8 Å². The first-order valence-corrected chi connectivity index (χ1v) is 6.78. The van der Waals surface area contributed by atoms with Crippen LogP contribution in [-0.4, -0.2) is 36.0 Å². The Morgan fingerprint density at radius 3 is 2.47 bits per heavy atom. The van der Waals surface area contributed by atoms with Gasteiger partial charge < -0.3 is 10.6 Å². The summed E-state index contributed by atoms with van der Waals surface area (Å²) in [6.07, 6.45) is 3.20. The molecule has 0 fully saturated rings. The first kappa shape index (κ1) is 14.8. The van der Waals surface area contributed by atoms with E-state index in [4.69, 9.17) is 0 Å². The van der Waals surface area contributed by atoms with E-state index in [1.165, 1.54) is 0 Å². The van der Waals surface area contributed by atoms with Gasteiger partial charge in [-0.3, -0.25) is 4.79 Å². The monoisotopic (exact) mass is 232 g/mol. The lowest BCUT2D eigenvalue weighted by atomic mass is 10.1. The molecule has 0 aliphatic rings. The number of thioether (sulfide) groups is 1. The van der Waals surface area contributed by atoms with Gasteiger partial charge in [-0.1, -0.05) is 0 Å². The maximum atomic E-state index is 11.5. The van der Waals surface area contributed by atoms with E-state index < -0.39 is 0 Å². The zero-order valence-corrected chi connectivity index (χ0v) is 11.3. The molecule has 0 aromatic rings. The molecule has 0 saturated carbocycles. The van der Waals surface area contributed by atoms with Gasteiger partial charge in [-0.15, -0.1) is 0 Å². The molecule has 4 heteroatoms. The quantitative estimate of drug-likeness (QED) is 0.731. The lowest BCUT2D eigenvalue weighted by Gasteiger charge is -2.21. The predicted octanol–water partition coefficient (Wildman–Crippen LogP) is 1.63. The van der Waals surface area contributed by atoms with Crippen LogP contribution in [0.15, 0.2) is 0 Å². The number of carbonyl (C=O) groups is 1. The molecule has 1 atom stereocenters. The van der Waals surface area contributed by atoms with Crippen molar-refractivity contribution < 1.29 is 4.79 Å². The zero-order chi connectivity index (χ0) is 11.9. The topological polar surface area (TPSA) is 41.1 Å². The van der Waals surface area contributed by atoms with Crippen LogP contribution in [0.25, 0.3) is 0 Å². The van der Waals surface area contributed by atoms with Gasteiger partial charge in [0, 0.05) is 11.6 Å². The number of nitrogens with one attached hydrogen (secondary N) is 2. The molecule has 1 unspecified atom stereocenters. The number of rotatable bonds is 6. The largest absolute Gasteiger partial charge is 0.350 e. The standard InChI is InChI=1S/C11H24N2OS/c1-9(6-7-15-5)12-8-10(14)13-11(2,3)4/h9,12H,6-8H2,1-5H3,(H,13,14). The third kappa shape index (κ3) is 10.1. The van der Waals surface area contributed by atoms with Gasteiger partial charge in [-0.05, 0) is 46.1 Å². The van der Waals surface area contributed by atoms with Gasteiger partial charge in [0.2, 0.25) is 5.91 Å². The minimum atomic E-state index is -0.138. The molecule has 0 bridgehead atoms. The van der Waals surface area contributed by atoms with E-state index in [1.807, 2.05) is 32.5 Å². The molecule has 0 spiro atoms.